The van der Waals surface area contributed by atoms with E-state index in [2.05, 4.69) is 35.2 Å². The Balaban J connectivity index is 1.39. The van der Waals surface area contributed by atoms with Crippen molar-refractivity contribution in [1.82, 2.24) is 10.4 Å². The lowest BCUT2D eigenvalue weighted by Gasteiger charge is -2.25. The maximum atomic E-state index is 11.4. The van der Waals surface area contributed by atoms with Gasteiger partial charge in [0.1, 0.15) is 17.2 Å². The number of rotatable bonds is 7. The van der Waals surface area contributed by atoms with Gasteiger partial charge in [-0.1, -0.05) is 24.3 Å². The van der Waals surface area contributed by atoms with Crippen molar-refractivity contribution >= 4 is 5.91 Å². The molecule has 1 atom stereocenters. The molecule has 6 heteroatoms. The van der Waals surface area contributed by atoms with Crippen molar-refractivity contribution in [3.63, 3.8) is 0 Å². The number of amides is 1. The van der Waals surface area contributed by atoms with Crippen LogP contribution in [0.1, 0.15) is 40.4 Å². The van der Waals surface area contributed by atoms with E-state index in [-0.39, 0.29) is 0 Å². The van der Waals surface area contributed by atoms with E-state index in [9.17, 15) is 4.79 Å². The van der Waals surface area contributed by atoms with Gasteiger partial charge in [-0.2, -0.15) is 0 Å². The molecule has 4 rings (SSSR count). The number of methoxy groups -OCH3 is 1. The molecule has 0 radical (unpaired) electrons. The summed E-state index contributed by atoms with van der Waals surface area (Å²) in [5, 5.41) is 8.69. The van der Waals surface area contributed by atoms with Crippen molar-refractivity contribution in [2.45, 2.75) is 25.4 Å². The van der Waals surface area contributed by atoms with Gasteiger partial charge in [0.15, 0.2) is 0 Å². The van der Waals surface area contributed by atoms with E-state index in [0.29, 0.717) is 17.4 Å². The summed E-state index contributed by atoms with van der Waals surface area (Å²) in [5.74, 6) is 1.70. The van der Waals surface area contributed by atoms with Gasteiger partial charge in [0.25, 0.3) is 5.91 Å². The summed E-state index contributed by atoms with van der Waals surface area (Å²) in [6.07, 6.45) is 2.34. The Hall–Kier alpha value is -3.35. The number of hydroxylamine groups is 1. The molecule has 31 heavy (non-hydrogen) atoms. The molecule has 1 aliphatic rings. The molecule has 1 saturated heterocycles. The first-order valence-electron chi connectivity index (χ1n) is 10.4. The van der Waals surface area contributed by atoms with E-state index >= 15 is 0 Å². The third kappa shape index (κ3) is 5.05. The van der Waals surface area contributed by atoms with Crippen LogP contribution in [0, 0.1) is 0 Å². The molecule has 0 saturated carbocycles. The standard InChI is InChI=1S/C25H26N2O4/c1-30-23-5-2-4-20(16-23)24-6-3-15-27(24)17-18-7-11-21(12-8-18)31-22-13-9-19(10-14-22)25(28)26-29/h2,4-5,7-14,16,24,29H,3,6,15,17H2,1H3,(H,26,28). The lowest BCUT2D eigenvalue weighted by molar-refractivity contribution is 0.0706. The molecule has 160 valence electrons. The Kier molecular flexibility index (Phi) is 6.50. The molecule has 0 bridgehead atoms. The van der Waals surface area contributed by atoms with E-state index in [1.165, 1.54) is 17.5 Å². The highest BCUT2D eigenvalue weighted by Crippen LogP contribution is 2.34. The van der Waals surface area contributed by atoms with Crippen LogP contribution in [0.5, 0.6) is 17.2 Å². The fourth-order valence-electron chi connectivity index (χ4n) is 4.01. The molecule has 3 aromatic rings. The van der Waals surface area contributed by atoms with Gasteiger partial charge >= 0.3 is 0 Å². The molecule has 6 nitrogen and oxygen atoms in total. The monoisotopic (exact) mass is 418 g/mol. The minimum atomic E-state index is -0.551. The van der Waals surface area contributed by atoms with Crippen molar-refractivity contribution < 1.29 is 19.5 Å². The molecule has 1 fully saturated rings. The number of nitrogens with zero attached hydrogens (tertiary/aromatic N) is 1. The van der Waals surface area contributed by atoms with Crippen molar-refractivity contribution in [3.8, 4) is 17.2 Å². The van der Waals surface area contributed by atoms with Crippen LogP contribution in [-0.2, 0) is 6.54 Å². The molecule has 1 amide bonds. The van der Waals surface area contributed by atoms with Crippen LogP contribution in [0.25, 0.3) is 0 Å². The van der Waals surface area contributed by atoms with Crippen molar-refractivity contribution in [2.75, 3.05) is 13.7 Å². The van der Waals surface area contributed by atoms with Gasteiger partial charge in [-0.05, 0) is 79.0 Å². The summed E-state index contributed by atoms with van der Waals surface area (Å²) >= 11 is 0. The second kappa shape index (κ2) is 9.64. The Labute approximate surface area is 182 Å². The zero-order valence-corrected chi connectivity index (χ0v) is 17.5. The molecule has 3 aromatic carbocycles. The van der Waals surface area contributed by atoms with Gasteiger partial charge in [0, 0.05) is 18.2 Å². The second-order valence-electron chi connectivity index (χ2n) is 7.62. The fraction of sp³-hybridized carbons (Fsp3) is 0.240. The Morgan fingerprint density at radius 2 is 1.74 bits per heavy atom. The lowest BCUT2D eigenvalue weighted by atomic mass is 10.0. The summed E-state index contributed by atoms with van der Waals surface area (Å²) in [6.45, 7) is 1.96. The first kappa shape index (κ1) is 20.9. The van der Waals surface area contributed by atoms with E-state index in [4.69, 9.17) is 14.7 Å². The third-order valence-corrected chi connectivity index (χ3v) is 5.60. The SMILES string of the molecule is COc1cccc(C2CCCN2Cc2ccc(Oc3ccc(C(=O)NO)cc3)cc2)c1. The minimum absolute atomic E-state index is 0.362. The lowest BCUT2D eigenvalue weighted by Crippen LogP contribution is -2.22. The maximum Gasteiger partial charge on any atom is 0.274 e. The zero-order chi connectivity index (χ0) is 21.6. The smallest absolute Gasteiger partial charge is 0.274 e. The molecule has 1 unspecified atom stereocenters. The summed E-state index contributed by atoms with van der Waals surface area (Å²) in [7, 11) is 1.70. The van der Waals surface area contributed by atoms with Gasteiger partial charge in [0.05, 0.1) is 7.11 Å². The first-order valence-corrected chi connectivity index (χ1v) is 10.4. The number of hydrogen-bond donors (Lipinski definition) is 2. The van der Waals surface area contributed by atoms with Gasteiger partial charge in [-0.15, -0.1) is 0 Å². The second-order valence-corrected chi connectivity index (χ2v) is 7.62. The molecule has 0 aliphatic carbocycles. The quantitative estimate of drug-likeness (QED) is 0.420. The normalized spacial score (nSPS) is 16.1. The molecular weight excluding hydrogens is 392 g/mol. The maximum absolute atomic E-state index is 11.4. The van der Waals surface area contributed by atoms with Crippen LogP contribution in [0.15, 0.2) is 72.8 Å². The summed E-state index contributed by atoms with van der Waals surface area (Å²) < 4.78 is 11.3. The van der Waals surface area contributed by atoms with E-state index in [1.807, 2.05) is 18.2 Å². The molecule has 0 spiro atoms. The van der Waals surface area contributed by atoms with Crippen LogP contribution >= 0.6 is 0 Å². The molecule has 1 aliphatic heterocycles. The summed E-state index contributed by atoms with van der Waals surface area (Å²) in [5.41, 5.74) is 4.51. The van der Waals surface area contributed by atoms with Crippen molar-refractivity contribution in [3.05, 3.63) is 89.5 Å². The number of benzene rings is 3. The summed E-state index contributed by atoms with van der Waals surface area (Å²) in [6, 6.07) is 23.4. The van der Waals surface area contributed by atoms with Crippen LogP contribution in [0.2, 0.25) is 0 Å². The van der Waals surface area contributed by atoms with E-state index in [1.54, 1.807) is 36.9 Å². The average molecular weight is 418 g/mol. The van der Waals surface area contributed by atoms with Crippen LogP contribution in [0.4, 0.5) is 0 Å². The van der Waals surface area contributed by atoms with Gasteiger partial charge in [-0.3, -0.25) is 14.9 Å². The summed E-state index contributed by atoms with van der Waals surface area (Å²) in [4.78, 5) is 13.9. The number of likely N-dealkylation sites (tertiary alicyclic amines) is 1. The van der Waals surface area contributed by atoms with Crippen molar-refractivity contribution in [1.29, 1.82) is 0 Å². The van der Waals surface area contributed by atoms with Gasteiger partial charge < -0.3 is 9.47 Å². The Morgan fingerprint density at radius 1 is 1.03 bits per heavy atom. The Morgan fingerprint density at radius 3 is 2.42 bits per heavy atom. The van der Waals surface area contributed by atoms with Crippen LogP contribution in [-0.4, -0.2) is 29.7 Å². The van der Waals surface area contributed by atoms with E-state index < -0.39 is 5.91 Å². The molecule has 2 N–H and O–H groups in total. The predicted molar refractivity (Wildman–Crippen MR) is 118 cm³/mol. The Bertz CT molecular complexity index is 1020. The van der Waals surface area contributed by atoms with Crippen molar-refractivity contribution in [2.24, 2.45) is 0 Å². The number of hydrogen-bond acceptors (Lipinski definition) is 5. The number of carbonyl (C=O) groups is 1. The van der Waals surface area contributed by atoms with Gasteiger partial charge in [-0.25, -0.2) is 5.48 Å². The largest absolute Gasteiger partial charge is 0.497 e. The first-order chi connectivity index (χ1) is 15.2. The molecule has 1 heterocycles. The number of ether oxygens (including phenoxy) is 2. The van der Waals surface area contributed by atoms with Crippen LogP contribution < -0.4 is 15.0 Å². The van der Waals surface area contributed by atoms with E-state index in [0.717, 1.165) is 31.0 Å². The highest BCUT2D eigenvalue weighted by atomic mass is 16.5. The highest BCUT2D eigenvalue weighted by Gasteiger charge is 2.26. The van der Waals surface area contributed by atoms with Crippen LogP contribution in [0.3, 0.4) is 0 Å². The number of nitrogens with one attached hydrogen (secondary N) is 1. The number of carbonyl (C=O) groups excluding carboxylic acids is 1. The minimum Gasteiger partial charge on any atom is -0.497 e. The third-order valence-electron chi connectivity index (χ3n) is 5.60. The average Bonchev–Trinajstić information content (AvgIpc) is 3.28. The predicted octanol–water partition coefficient (Wildman–Crippen LogP) is 4.94. The van der Waals surface area contributed by atoms with Gasteiger partial charge in [0.2, 0.25) is 0 Å². The zero-order valence-electron chi connectivity index (χ0n) is 17.5. The fourth-order valence-corrected chi connectivity index (χ4v) is 4.01. The molecule has 0 aromatic heterocycles. The topological polar surface area (TPSA) is 71.0 Å². The molecular formula is C25H26N2O4. The highest BCUT2D eigenvalue weighted by molar-refractivity contribution is 5.93.